The molecular formula is C17H21ClN2O2S. The van der Waals surface area contributed by atoms with Crippen molar-refractivity contribution in [3.05, 3.63) is 40.5 Å². The highest BCUT2D eigenvalue weighted by Crippen LogP contribution is 2.34. The zero-order chi connectivity index (χ0) is 16.4. The molecule has 0 aromatic heterocycles. The number of nitrogens with one attached hydrogen (secondary N) is 1. The standard InChI is InChI=1S/C17H21ClN2O2S/c1-12-16(13-7-9-14(18)10-8-13)23(22)11-20(12)17(21)19-15-5-3-2-4-6-15/h7-10,15H,2-6,11H2,1H3,(H,19,21). The molecule has 1 aliphatic heterocycles. The Morgan fingerprint density at radius 1 is 1.26 bits per heavy atom. The lowest BCUT2D eigenvalue weighted by Gasteiger charge is -2.25. The van der Waals surface area contributed by atoms with E-state index in [0.29, 0.717) is 5.02 Å². The van der Waals surface area contributed by atoms with Gasteiger partial charge in [0.1, 0.15) is 0 Å². The third kappa shape index (κ3) is 3.67. The topological polar surface area (TPSA) is 55.4 Å². The molecule has 1 aromatic rings. The number of carbonyl (C=O) groups is 1. The van der Waals surface area contributed by atoms with Crippen molar-refractivity contribution in [3.63, 3.8) is 0 Å². The van der Waals surface area contributed by atoms with Crippen LogP contribution >= 0.6 is 11.6 Å². The Hall–Kier alpha value is -1.17. The zero-order valence-corrected chi connectivity index (χ0v) is 14.8. The molecular weight excluding hydrogens is 332 g/mol. The fourth-order valence-electron chi connectivity index (χ4n) is 3.22. The Balaban J connectivity index is 1.75. The Kier molecular flexibility index (Phi) is 5.19. The molecule has 0 saturated heterocycles. The first-order valence-corrected chi connectivity index (χ1v) is 9.69. The lowest BCUT2D eigenvalue weighted by Crippen LogP contribution is -2.44. The third-order valence-corrected chi connectivity index (χ3v) is 6.22. The van der Waals surface area contributed by atoms with Gasteiger partial charge in [0.15, 0.2) is 10.8 Å². The van der Waals surface area contributed by atoms with Gasteiger partial charge in [0.2, 0.25) is 0 Å². The van der Waals surface area contributed by atoms with Gasteiger partial charge in [-0.3, -0.25) is 0 Å². The highest BCUT2D eigenvalue weighted by atomic mass is 35.5. The molecule has 0 spiro atoms. The number of nitrogens with zero attached hydrogens (tertiary/aromatic N) is 1. The summed E-state index contributed by atoms with van der Waals surface area (Å²) in [7, 11) is 0. The van der Waals surface area contributed by atoms with E-state index in [9.17, 15) is 9.35 Å². The Bertz CT molecular complexity index is 612. The van der Waals surface area contributed by atoms with Crippen LogP contribution in [0.1, 0.15) is 44.6 Å². The molecule has 2 amide bonds. The normalized spacial score (nSPS) is 22.6. The molecule has 6 heteroatoms. The number of benzene rings is 1. The number of hydrogen-bond acceptors (Lipinski definition) is 2. The average Bonchev–Trinajstić information content (AvgIpc) is 2.84. The van der Waals surface area contributed by atoms with Crippen LogP contribution in [0.4, 0.5) is 4.79 Å². The maximum absolute atomic E-state index is 12.5. The Labute approximate surface area is 145 Å². The molecule has 0 bridgehead atoms. The molecule has 1 atom stereocenters. The van der Waals surface area contributed by atoms with Gasteiger partial charge in [-0.2, -0.15) is 0 Å². The van der Waals surface area contributed by atoms with Crippen LogP contribution in [0.25, 0.3) is 4.91 Å². The lowest BCUT2D eigenvalue weighted by molar-refractivity contribution is 0.209. The van der Waals surface area contributed by atoms with Crippen LogP contribution in [0.2, 0.25) is 5.02 Å². The SMILES string of the molecule is CC1=C(c2ccc(Cl)cc2)[S+]([O-])CN1C(=O)NC1CCCCC1. The maximum Gasteiger partial charge on any atom is 0.325 e. The fraction of sp³-hybridized carbons (Fsp3) is 0.471. The van der Waals surface area contributed by atoms with E-state index in [2.05, 4.69) is 5.32 Å². The number of halogens is 1. The number of allylic oxidation sites excluding steroid dienone is 1. The van der Waals surface area contributed by atoms with Crippen LogP contribution in [-0.4, -0.2) is 27.4 Å². The van der Waals surface area contributed by atoms with Gasteiger partial charge in [0.05, 0.1) is 5.70 Å². The van der Waals surface area contributed by atoms with Gasteiger partial charge in [-0.1, -0.05) is 30.9 Å². The molecule has 3 rings (SSSR count). The molecule has 1 aromatic carbocycles. The second kappa shape index (κ2) is 7.16. The third-order valence-electron chi connectivity index (χ3n) is 4.49. The number of rotatable bonds is 2. The zero-order valence-electron chi connectivity index (χ0n) is 13.2. The minimum Gasteiger partial charge on any atom is -0.610 e. The van der Waals surface area contributed by atoms with Crippen LogP contribution in [0, 0.1) is 0 Å². The second-order valence-electron chi connectivity index (χ2n) is 6.11. The van der Waals surface area contributed by atoms with E-state index < -0.39 is 11.2 Å². The molecule has 0 radical (unpaired) electrons. The van der Waals surface area contributed by atoms with Gasteiger partial charge < -0.3 is 9.87 Å². The van der Waals surface area contributed by atoms with E-state index >= 15 is 0 Å². The summed E-state index contributed by atoms with van der Waals surface area (Å²) in [5.41, 5.74) is 1.62. The maximum atomic E-state index is 12.5. The minimum absolute atomic E-state index is 0.133. The summed E-state index contributed by atoms with van der Waals surface area (Å²) in [5.74, 6) is 0.225. The molecule has 23 heavy (non-hydrogen) atoms. The van der Waals surface area contributed by atoms with Crippen molar-refractivity contribution < 1.29 is 9.35 Å². The van der Waals surface area contributed by atoms with Crippen LogP contribution in [0.5, 0.6) is 0 Å². The summed E-state index contributed by atoms with van der Waals surface area (Å²) in [6.45, 7) is 1.86. The van der Waals surface area contributed by atoms with Crippen molar-refractivity contribution in [1.82, 2.24) is 10.2 Å². The van der Waals surface area contributed by atoms with Crippen molar-refractivity contribution >= 4 is 33.7 Å². The molecule has 1 N–H and O–H groups in total. The van der Waals surface area contributed by atoms with E-state index in [-0.39, 0.29) is 17.9 Å². The number of amides is 2. The number of hydrogen-bond donors (Lipinski definition) is 1. The van der Waals surface area contributed by atoms with Crippen molar-refractivity contribution in [1.29, 1.82) is 0 Å². The highest BCUT2D eigenvalue weighted by molar-refractivity contribution is 8.00. The summed E-state index contributed by atoms with van der Waals surface area (Å²) in [6.07, 6.45) is 5.66. The van der Waals surface area contributed by atoms with Crippen LogP contribution in [-0.2, 0) is 11.2 Å². The van der Waals surface area contributed by atoms with Gasteiger partial charge in [0, 0.05) is 27.8 Å². The summed E-state index contributed by atoms with van der Waals surface area (Å²) in [5, 5.41) is 3.73. The van der Waals surface area contributed by atoms with Gasteiger partial charge in [-0.25, -0.2) is 9.69 Å². The molecule has 2 aliphatic rings. The molecule has 4 nitrogen and oxygen atoms in total. The minimum atomic E-state index is -1.20. The van der Waals surface area contributed by atoms with Crippen LogP contribution < -0.4 is 5.32 Å². The summed E-state index contributed by atoms with van der Waals surface area (Å²) in [6, 6.07) is 7.37. The van der Waals surface area contributed by atoms with E-state index in [4.69, 9.17) is 11.6 Å². The quantitative estimate of drug-likeness (QED) is 0.815. The lowest BCUT2D eigenvalue weighted by atomic mass is 9.96. The molecule has 1 aliphatic carbocycles. The Morgan fingerprint density at radius 3 is 2.57 bits per heavy atom. The highest BCUT2D eigenvalue weighted by Gasteiger charge is 2.37. The van der Waals surface area contributed by atoms with Crippen LogP contribution in [0.3, 0.4) is 0 Å². The monoisotopic (exact) mass is 352 g/mol. The number of urea groups is 1. The van der Waals surface area contributed by atoms with E-state index in [0.717, 1.165) is 29.0 Å². The van der Waals surface area contributed by atoms with Crippen molar-refractivity contribution in [2.24, 2.45) is 0 Å². The number of carbonyl (C=O) groups excluding carboxylic acids is 1. The first-order chi connectivity index (χ1) is 11.1. The molecule has 124 valence electrons. The van der Waals surface area contributed by atoms with Crippen molar-refractivity contribution in [2.45, 2.75) is 45.1 Å². The van der Waals surface area contributed by atoms with Crippen LogP contribution in [0.15, 0.2) is 30.0 Å². The van der Waals surface area contributed by atoms with Gasteiger partial charge >= 0.3 is 6.03 Å². The first kappa shape index (κ1) is 16.7. The first-order valence-electron chi connectivity index (χ1n) is 7.99. The molecule has 1 saturated carbocycles. The molecule has 1 heterocycles. The van der Waals surface area contributed by atoms with Crippen molar-refractivity contribution in [3.8, 4) is 0 Å². The predicted molar refractivity (Wildman–Crippen MR) is 94.3 cm³/mol. The largest absolute Gasteiger partial charge is 0.610 e. The summed E-state index contributed by atoms with van der Waals surface area (Å²) >= 11 is 4.71. The average molecular weight is 353 g/mol. The fourth-order valence-corrected chi connectivity index (χ4v) is 4.86. The Morgan fingerprint density at radius 2 is 1.91 bits per heavy atom. The molecule has 1 fully saturated rings. The summed E-state index contributed by atoms with van der Waals surface area (Å²) in [4.78, 5) is 14.9. The van der Waals surface area contributed by atoms with E-state index in [1.54, 1.807) is 17.0 Å². The predicted octanol–water partition coefficient (Wildman–Crippen LogP) is 4.09. The van der Waals surface area contributed by atoms with Gasteiger partial charge in [-0.05, 0) is 44.0 Å². The smallest absolute Gasteiger partial charge is 0.325 e. The summed E-state index contributed by atoms with van der Waals surface area (Å²) < 4.78 is 12.5. The van der Waals surface area contributed by atoms with E-state index in [1.807, 2.05) is 19.1 Å². The van der Waals surface area contributed by atoms with Gasteiger partial charge in [-0.15, -0.1) is 0 Å². The van der Waals surface area contributed by atoms with Crippen molar-refractivity contribution in [2.75, 3.05) is 5.88 Å². The molecule has 1 unspecified atom stereocenters. The second-order valence-corrected chi connectivity index (χ2v) is 7.90. The van der Waals surface area contributed by atoms with Gasteiger partial charge in [0.25, 0.3) is 0 Å². The van der Waals surface area contributed by atoms with E-state index in [1.165, 1.54) is 19.3 Å².